The lowest BCUT2D eigenvalue weighted by Crippen LogP contribution is -2.37. The zero-order valence-electron chi connectivity index (χ0n) is 12.2. The molecule has 0 radical (unpaired) electrons. The smallest absolute Gasteiger partial charge is 0.0511 e. The van der Waals surface area contributed by atoms with Crippen molar-refractivity contribution in [3.05, 3.63) is 28.2 Å². The third-order valence-electron chi connectivity index (χ3n) is 3.41. The van der Waals surface area contributed by atoms with Crippen molar-refractivity contribution in [3.8, 4) is 0 Å². The van der Waals surface area contributed by atoms with Crippen molar-refractivity contribution in [3.63, 3.8) is 0 Å². The van der Waals surface area contributed by atoms with E-state index >= 15 is 0 Å². The first-order valence-electron chi connectivity index (χ1n) is 7.15. The number of halogens is 1. The van der Waals surface area contributed by atoms with Crippen LogP contribution < -0.4 is 10.2 Å². The van der Waals surface area contributed by atoms with Crippen molar-refractivity contribution in [1.29, 1.82) is 0 Å². The van der Waals surface area contributed by atoms with Gasteiger partial charge in [0.15, 0.2) is 0 Å². The van der Waals surface area contributed by atoms with Crippen LogP contribution in [0.2, 0.25) is 0 Å². The third kappa shape index (κ3) is 4.57. The summed E-state index contributed by atoms with van der Waals surface area (Å²) in [6.45, 7) is 8.14. The first-order valence-corrected chi connectivity index (χ1v) is 9.43. The van der Waals surface area contributed by atoms with Crippen LogP contribution in [0.4, 0.5) is 5.69 Å². The Labute approximate surface area is 132 Å². The first-order chi connectivity index (χ1) is 9.56. The summed E-state index contributed by atoms with van der Waals surface area (Å²) in [5.41, 5.74) is 2.51. The van der Waals surface area contributed by atoms with E-state index in [1.807, 2.05) is 0 Å². The molecule has 1 aromatic rings. The molecule has 5 heteroatoms. The molecular weight excluding hydrogens is 336 g/mol. The van der Waals surface area contributed by atoms with Crippen molar-refractivity contribution < 1.29 is 4.21 Å². The molecule has 0 unspecified atom stereocenters. The van der Waals surface area contributed by atoms with Gasteiger partial charge in [0.1, 0.15) is 0 Å². The molecule has 1 N–H and O–H groups in total. The Morgan fingerprint density at radius 1 is 1.35 bits per heavy atom. The Morgan fingerprint density at radius 3 is 2.65 bits per heavy atom. The molecule has 0 spiro atoms. The molecule has 0 bridgehead atoms. The zero-order chi connectivity index (χ0) is 14.5. The zero-order valence-corrected chi connectivity index (χ0v) is 14.6. The minimum Gasteiger partial charge on any atom is -0.369 e. The molecule has 112 valence electrons. The van der Waals surface area contributed by atoms with Crippen LogP contribution in [0, 0.1) is 5.92 Å². The van der Waals surface area contributed by atoms with Gasteiger partial charge in [0, 0.05) is 46.4 Å². The van der Waals surface area contributed by atoms with Crippen LogP contribution in [-0.2, 0) is 17.3 Å². The van der Waals surface area contributed by atoms with Crippen LogP contribution >= 0.6 is 15.9 Å². The molecule has 0 atom stereocenters. The van der Waals surface area contributed by atoms with Gasteiger partial charge in [-0.15, -0.1) is 0 Å². The Morgan fingerprint density at radius 2 is 2.05 bits per heavy atom. The molecule has 0 amide bonds. The van der Waals surface area contributed by atoms with Gasteiger partial charge in [-0.25, -0.2) is 0 Å². The van der Waals surface area contributed by atoms with E-state index in [2.05, 4.69) is 58.2 Å². The van der Waals surface area contributed by atoms with Gasteiger partial charge in [-0.3, -0.25) is 4.21 Å². The van der Waals surface area contributed by atoms with E-state index in [9.17, 15) is 4.21 Å². The van der Waals surface area contributed by atoms with E-state index in [1.54, 1.807) is 0 Å². The molecule has 0 saturated carbocycles. The standard InChI is InChI=1S/C15H23BrN2OS/c1-12(2)10-17-11-13-3-4-15(14(16)9-13)18-5-7-20(19)8-6-18/h3-4,9,12,17H,5-8,10-11H2,1-2H3. The Hall–Kier alpha value is -0.390. The summed E-state index contributed by atoms with van der Waals surface area (Å²) in [7, 11) is -0.622. The Kier molecular flexibility index (Phi) is 6.05. The average molecular weight is 359 g/mol. The van der Waals surface area contributed by atoms with Gasteiger partial charge >= 0.3 is 0 Å². The molecule has 1 aromatic carbocycles. The molecule has 1 heterocycles. The first kappa shape index (κ1) is 16.0. The summed E-state index contributed by atoms with van der Waals surface area (Å²) in [4.78, 5) is 2.32. The second kappa shape index (κ2) is 7.57. The normalized spacial score (nSPS) is 16.9. The average Bonchev–Trinajstić information content (AvgIpc) is 2.40. The van der Waals surface area contributed by atoms with Gasteiger partial charge in [0.25, 0.3) is 0 Å². The fourth-order valence-electron chi connectivity index (χ4n) is 2.30. The lowest BCUT2D eigenvalue weighted by atomic mass is 10.1. The highest BCUT2D eigenvalue weighted by molar-refractivity contribution is 9.10. The summed E-state index contributed by atoms with van der Waals surface area (Å²) < 4.78 is 12.5. The summed E-state index contributed by atoms with van der Waals surface area (Å²) >= 11 is 3.67. The fraction of sp³-hybridized carbons (Fsp3) is 0.600. The lowest BCUT2D eigenvalue weighted by molar-refractivity contribution is 0.552. The second-order valence-electron chi connectivity index (χ2n) is 5.65. The van der Waals surface area contributed by atoms with Crippen LogP contribution in [0.25, 0.3) is 0 Å². The van der Waals surface area contributed by atoms with Crippen LogP contribution in [0.3, 0.4) is 0 Å². The van der Waals surface area contributed by atoms with Gasteiger partial charge in [-0.1, -0.05) is 19.9 Å². The molecule has 1 fully saturated rings. The minimum atomic E-state index is -0.622. The van der Waals surface area contributed by atoms with Crippen LogP contribution in [-0.4, -0.2) is 35.3 Å². The molecule has 20 heavy (non-hydrogen) atoms. The molecule has 0 aromatic heterocycles. The van der Waals surface area contributed by atoms with Gasteiger partial charge in [0.05, 0.1) is 5.69 Å². The van der Waals surface area contributed by atoms with E-state index in [1.165, 1.54) is 11.3 Å². The highest BCUT2D eigenvalue weighted by atomic mass is 79.9. The van der Waals surface area contributed by atoms with Gasteiger partial charge in [-0.05, 0) is 46.1 Å². The SMILES string of the molecule is CC(C)CNCc1ccc(N2CCS(=O)CC2)c(Br)c1. The summed E-state index contributed by atoms with van der Waals surface area (Å²) in [5, 5.41) is 3.46. The van der Waals surface area contributed by atoms with Gasteiger partial charge in [0.2, 0.25) is 0 Å². The molecule has 1 saturated heterocycles. The number of anilines is 1. The van der Waals surface area contributed by atoms with Crippen molar-refractivity contribution in [1.82, 2.24) is 5.32 Å². The summed E-state index contributed by atoms with van der Waals surface area (Å²) in [6, 6.07) is 6.54. The third-order valence-corrected chi connectivity index (χ3v) is 5.32. The maximum absolute atomic E-state index is 11.4. The number of nitrogens with one attached hydrogen (secondary N) is 1. The van der Waals surface area contributed by atoms with Crippen molar-refractivity contribution in [2.45, 2.75) is 20.4 Å². The minimum absolute atomic E-state index is 0.622. The predicted octanol–water partition coefficient (Wildman–Crippen LogP) is 2.76. The maximum Gasteiger partial charge on any atom is 0.0511 e. The van der Waals surface area contributed by atoms with Crippen molar-refractivity contribution in [2.75, 3.05) is 36.0 Å². The number of benzene rings is 1. The van der Waals surface area contributed by atoms with E-state index in [-0.39, 0.29) is 0 Å². The maximum atomic E-state index is 11.4. The van der Waals surface area contributed by atoms with E-state index in [0.717, 1.165) is 42.2 Å². The lowest BCUT2D eigenvalue weighted by Gasteiger charge is -2.29. The molecule has 0 aliphatic carbocycles. The Balaban J connectivity index is 1.97. The van der Waals surface area contributed by atoms with E-state index in [0.29, 0.717) is 5.92 Å². The summed E-state index contributed by atoms with van der Waals surface area (Å²) in [6.07, 6.45) is 0. The fourth-order valence-corrected chi connectivity index (χ4v) is 4.03. The Bertz CT molecular complexity index is 469. The van der Waals surface area contributed by atoms with Gasteiger partial charge in [-0.2, -0.15) is 0 Å². The molecular formula is C15H23BrN2OS. The van der Waals surface area contributed by atoms with Crippen molar-refractivity contribution >= 4 is 32.4 Å². The summed E-state index contributed by atoms with van der Waals surface area (Å²) in [5.74, 6) is 2.24. The predicted molar refractivity (Wildman–Crippen MR) is 90.8 cm³/mol. The number of hydrogen-bond donors (Lipinski definition) is 1. The van der Waals surface area contributed by atoms with Crippen LogP contribution in [0.5, 0.6) is 0 Å². The highest BCUT2D eigenvalue weighted by Crippen LogP contribution is 2.28. The van der Waals surface area contributed by atoms with Gasteiger partial charge < -0.3 is 10.2 Å². The van der Waals surface area contributed by atoms with Crippen LogP contribution in [0.1, 0.15) is 19.4 Å². The largest absolute Gasteiger partial charge is 0.369 e. The van der Waals surface area contributed by atoms with E-state index in [4.69, 9.17) is 0 Å². The molecule has 1 aliphatic heterocycles. The highest BCUT2D eigenvalue weighted by Gasteiger charge is 2.17. The number of nitrogens with zero attached hydrogens (tertiary/aromatic N) is 1. The number of rotatable bonds is 5. The number of hydrogen-bond acceptors (Lipinski definition) is 3. The second-order valence-corrected chi connectivity index (χ2v) is 8.20. The van der Waals surface area contributed by atoms with Crippen LogP contribution in [0.15, 0.2) is 22.7 Å². The quantitative estimate of drug-likeness (QED) is 0.878. The molecule has 2 rings (SSSR count). The topological polar surface area (TPSA) is 32.3 Å². The molecule has 3 nitrogen and oxygen atoms in total. The monoisotopic (exact) mass is 358 g/mol. The van der Waals surface area contributed by atoms with Crippen molar-refractivity contribution in [2.24, 2.45) is 5.92 Å². The molecule has 1 aliphatic rings. The van der Waals surface area contributed by atoms with E-state index < -0.39 is 10.8 Å².